The Kier molecular flexibility index (Phi) is 3.47. The fraction of sp³-hybridized carbons (Fsp3) is 0.0769. The predicted molar refractivity (Wildman–Crippen MR) is 66.7 cm³/mol. The molecule has 0 radical (unpaired) electrons. The van der Waals surface area contributed by atoms with Crippen LogP contribution in [-0.2, 0) is 6.67 Å². The first-order valence-electron chi connectivity index (χ1n) is 4.81. The summed E-state index contributed by atoms with van der Waals surface area (Å²) in [6.45, 7) is -0.554. The molecule has 0 aromatic heterocycles. The zero-order valence-corrected chi connectivity index (χ0v) is 9.89. The van der Waals surface area contributed by atoms with Gasteiger partial charge in [0, 0.05) is 15.6 Å². The van der Waals surface area contributed by atoms with E-state index in [1.807, 2.05) is 18.2 Å². The molecule has 0 aliphatic heterocycles. The topological polar surface area (TPSA) is 0 Å². The Morgan fingerprint density at radius 2 is 1.69 bits per heavy atom. The van der Waals surface area contributed by atoms with Crippen LogP contribution in [0.25, 0.3) is 11.1 Å². The molecule has 0 amide bonds. The Labute approximate surface area is 104 Å². The summed E-state index contributed by atoms with van der Waals surface area (Å²) < 4.78 is 12.9. The Hall–Kier alpha value is -1.05. The van der Waals surface area contributed by atoms with Crippen molar-refractivity contribution in [3.8, 4) is 11.1 Å². The van der Waals surface area contributed by atoms with Crippen molar-refractivity contribution in [2.24, 2.45) is 0 Å². The highest BCUT2D eigenvalue weighted by molar-refractivity contribution is 6.33. The average Bonchev–Trinajstić information content (AvgIpc) is 2.30. The van der Waals surface area contributed by atoms with Gasteiger partial charge in [-0.3, -0.25) is 0 Å². The Balaban J connectivity index is 2.60. The van der Waals surface area contributed by atoms with E-state index >= 15 is 0 Å². The summed E-state index contributed by atoms with van der Waals surface area (Å²) in [7, 11) is 0. The lowest BCUT2D eigenvalue weighted by Gasteiger charge is -2.09. The van der Waals surface area contributed by atoms with Crippen molar-refractivity contribution in [3.63, 3.8) is 0 Å². The molecule has 0 heterocycles. The lowest BCUT2D eigenvalue weighted by Crippen LogP contribution is -1.87. The van der Waals surface area contributed by atoms with E-state index in [0.29, 0.717) is 15.6 Å². The quantitative estimate of drug-likeness (QED) is 0.697. The minimum absolute atomic E-state index is 0.531. The highest BCUT2D eigenvalue weighted by Crippen LogP contribution is 2.32. The number of alkyl halides is 1. The van der Waals surface area contributed by atoms with Crippen LogP contribution in [0.3, 0.4) is 0 Å². The van der Waals surface area contributed by atoms with Crippen molar-refractivity contribution in [2.45, 2.75) is 6.67 Å². The van der Waals surface area contributed by atoms with E-state index in [4.69, 9.17) is 23.2 Å². The van der Waals surface area contributed by atoms with Gasteiger partial charge in [0.15, 0.2) is 0 Å². The standard InChI is InChI=1S/C13H9Cl2F/c14-10-5-6-11(9(7-10)8-16)12-3-1-2-4-13(12)15/h1-7H,8H2. The third-order valence-electron chi connectivity index (χ3n) is 2.38. The number of benzene rings is 2. The number of hydrogen-bond acceptors (Lipinski definition) is 0. The molecule has 0 nitrogen and oxygen atoms in total. The third kappa shape index (κ3) is 2.21. The van der Waals surface area contributed by atoms with Gasteiger partial charge in [0.2, 0.25) is 0 Å². The van der Waals surface area contributed by atoms with Crippen LogP contribution in [0.5, 0.6) is 0 Å². The van der Waals surface area contributed by atoms with Gasteiger partial charge in [0.25, 0.3) is 0 Å². The lowest BCUT2D eigenvalue weighted by molar-refractivity contribution is 0.486. The smallest absolute Gasteiger partial charge is 0.115 e. The van der Waals surface area contributed by atoms with Crippen LogP contribution < -0.4 is 0 Å². The maximum absolute atomic E-state index is 12.9. The molecule has 0 atom stereocenters. The zero-order chi connectivity index (χ0) is 11.5. The van der Waals surface area contributed by atoms with Crippen LogP contribution in [0, 0.1) is 0 Å². The van der Waals surface area contributed by atoms with Gasteiger partial charge in [-0.05, 0) is 29.3 Å². The molecule has 0 aliphatic rings. The highest BCUT2D eigenvalue weighted by atomic mass is 35.5. The normalized spacial score (nSPS) is 10.4. The molecule has 0 unspecified atom stereocenters. The van der Waals surface area contributed by atoms with Gasteiger partial charge < -0.3 is 0 Å². The van der Waals surface area contributed by atoms with E-state index in [0.717, 1.165) is 11.1 Å². The summed E-state index contributed by atoms with van der Waals surface area (Å²) in [5, 5.41) is 1.14. The second kappa shape index (κ2) is 4.86. The van der Waals surface area contributed by atoms with Crippen molar-refractivity contribution < 1.29 is 4.39 Å². The molecule has 2 aromatic rings. The fourth-order valence-electron chi connectivity index (χ4n) is 1.62. The van der Waals surface area contributed by atoms with Gasteiger partial charge in [-0.2, -0.15) is 0 Å². The molecule has 0 saturated heterocycles. The first-order chi connectivity index (χ1) is 7.72. The van der Waals surface area contributed by atoms with Gasteiger partial charge in [-0.15, -0.1) is 0 Å². The van der Waals surface area contributed by atoms with Gasteiger partial charge in [-0.25, -0.2) is 4.39 Å². The molecule has 0 aliphatic carbocycles. The Morgan fingerprint density at radius 1 is 0.938 bits per heavy atom. The van der Waals surface area contributed by atoms with E-state index in [9.17, 15) is 4.39 Å². The summed E-state index contributed by atoms with van der Waals surface area (Å²) >= 11 is 11.9. The fourth-order valence-corrected chi connectivity index (χ4v) is 2.05. The monoisotopic (exact) mass is 254 g/mol. The first kappa shape index (κ1) is 11.4. The van der Waals surface area contributed by atoms with Crippen LogP contribution in [0.1, 0.15) is 5.56 Å². The predicted octanol–water partition coefficient (Wildman–Crippen LogP) is 5.13. The minimum Gasteiger partial charge on any atom is -0.246 e. The molecule has 0 fully saturated rings. The second-order valence-electron chi connectivity index (χ2n) is 3.41. The van der Waals surface area contributed by atoms with Crippen molar-refractivity contribution in [2.75, 3.05) is 0 Å². The van der Waals surface area contributed by atoms with E-state index in [-0.39, 0.29) is 0 Å². The van der Waals surface area contributed by atoms with Gasteiger partial charge in [-0.1, -0.05) is 47.5 Å². The molecule has 82 valence electrons. The SMILES string of the molecule is FCc1cc(Cl)ccc1-c1ccccc1Cl. The molecule has 16 heavy (non-hydrogen) atoms. The average molecular weight is 255 g/mol. The van der Waals surface area contributed by atoms with Crippen molar-refractivity contribution in [1.82, 2.24) is 0 Å². The molecule has 0 saturated carbocycles. The van der Waals surface area contributed by atoms with Crippen molar-refractivity contribution in [1.29, 1.82) is 0 Å². The zero-order valence-electron chi connectivity index (χ0n) is 8.38. The minimum atomic E-state index is -0.554. The van der Waals surface area contributed by atoms with Crippen LogP contribution in [-0.4, -0.2) is 0 Å². The molecule has 2 rings (SSSR count). The van der Waals surface area contributed by atoms with Crippen LogP contribution in [0.4, 0.5) is 4.39 Å². The number of rotatable bonds is 2. The van der Waals surface area contributed by atoms with Crippen LogP contribution in [0.15, 0.2) is 42.5 Å². The van der Waals surface area contributed by atoms with Crippen molar-refractivity contribution >= 4 is 23.2 Å². The Bertz CT molecular complexity index is 509. The van der Waals surface area contributed by atoms with Crippen molar-refractivity contribution in [3.05, 3.63) is 58.1 Å². The summed E-state index contributed by atoms with van der Waals surface area (Å²) in [5.41, 5.74) is 2.17. The van der Waals surface area contributed by atoms with Crippen LogP contribution in [0.2, 0.25) is 10.0 Å². The second-order valence-corrected chi connectivity index (χ2v) is 4.26. The largest absolute Gasteiger partial charge is 0.246 e. The molecular weight excluding hydrogens is 246 g/mol. The van der Waals surface area contributed by atoms with E-state index in [1.54, 1.807) is 24.3 Å². The molecule has 2 aromatic carbocycles. The number of halogens is 3. The van der Waals surface area contributed by atoms with Gasteiger partial charge in [0.1, 0.15) is 6.67 Å². The summed E-state index contributed by atoms with van der Waals surface area (Å²) in [6.07, 6.45) is 0. The third-order valence-corrected chi connectivity index (χ3v) is 2.94. The summed E-state index contributed by atoms with van der Waals surface area (Å²) in [4.78, 5) is 0. The molecule has 0 bridgehead atoms. The maximum atomic E-state index is 12.9. The summed E-state index contributed by atoms with van der Waals surface area (Å²) in [5.74, 6) is 0. The molecule has 0 spiro atoms. The number of hydrogen-bond donors (Lipinski definition) is 0. The van der Waals surface area contributed by atoms with Gasteiger partial charge in [0.05, 0.1) is 0 Å². The maximum Gasteiger partial charge on any atom is 0.115 e. The van der Waals surface area contributed by atoms with Crippen LogP contribution >= 0.6 is 23.2 Å². The molecular formula is C13H9Cl2F. The summed E-state index contributed by atoms with van der Waals surface area (Å²) in [6, 6.07) is 12.5. The highest BCUT2D eigenvalue weighted by Gasteiger charge is 2.08. The van der Waals surface area contributed by atoms with E-state index < -0.39 is 6.67 Å². The van der Waals surface area contributed by atoms with E-state index in [1.165, 1.54) is 0 Å². The first-order valence-corrected chi connectivity index (χ1v) is 5.57. The lowest BCUT2D eigenvalue weighted by atomic mass is 10.0. The Morgan fingerprint density at radius 3 is 2.38 bits per heavy atom. The van der Waals surface area contributed by atoms with E-state index in [2.05, 4.69) is 0 Å². The molecule has 0 N–H and O–H groups in total. The van der Waals surface area contributed by atoms with Gasteiger partial charge >= 0.3 is 0 Å². The molecule has 3 heteroatoms.